The Morgan fingerprint density at radius 1 is 1.15 bits per heavy atom. The van der Waals surface area contributed by atoms with Crippen LogP contribution in [-0.2, 0) is 19.6 Å². The van der Waals surface area contributed by atoms with Crippen LogP contribution < -0.4 is 5.73 Å². The molecule has 0 radical (unpaired) electrons. The van der Waals surface area contributed by atoms with E-state index in [9.17, 15) is 4.79 Å². The van der Waals surface area contributed by atoms with Gasteiger partial charge in [0.25, 0.3) is 0 Å². The van der Waals surface area contributed by atoms with Gasteiger partial charge in [0.15, 0.2) is 11.6 Å². The van der Waals surface area contributed by atoms with Crippen LogP contribution in [0.25, 0.3) is 0 Å². The van der Waals surface area contributed by atoms with Crippen LogP contribution in [-0.4, -0.2) is 32.3 Å². The second-order valence-corrected chi connectivity index (χ2v) is 5.77. The van der Waals surface area contributed by atoms with Crippen LogP contribution in [0, 0.1) is 0 Å². The van der Waals surface area contributed by atoms with Gasteiger partial charge in [-0.25, -0.2) is 9.79 Å². The fourth-order valence-electron chi connectivity index (χ4n) is 2.43. The van der Waals surface area contributed by atoms with Crippen molar-refractivity contribution in [2.75, 3.05) is 0 Å². The molecule has 0 amide bonds. The molecular formula is C19H19N5O3. The second-order valence-electron chi connectivity index (χ2n) is 5.77. The molecule has 3 N–H and O–H groups in total. The third-order valence-electron chi connectivity index (χ3n) is 3.76. The standard InChI is InChI=1S/C13H11N3O3.C6H8N2/c17-13(18)12-15-11-10(19-12)7-16(8-14-11)6-9-4-2-1-3-5-9;7-5-6-1-3-8-4-2-6/h1-5,8H,6-7H2,(H,17,18);1-4H,5,7H2. The van der Waals surface area contributed by atoms with E-state index in [0.29, 0.717) is 31.2 Å². The number of hydrogen-bond donors (Lipinski definition) is 2. The third-order valence-corrected chi connectivity index (χ3v) is 3.76. The van der Waals surface area contributed by atoms with Crippen molar-refractivity contribution < 1.29 is 14.3 Å². The Bertz CT molecular complexity index is 910. The third kappa shape index (κ3) is 4.99. The normalized spacial score (nSPS) is 12.1. The summed E-state index contributed by atoms with van der Waals surface area (Å²) in [5.41, 5.74) is 7.60. The maximum Gasteiger partial charge on any atom is 0.392 e. The van der Waals surface area contributed by atoms with Gasteiger partial charge in [0.1, 0.15) is 0 Å². The van der Waals surface area contributed by atoms with Crippen molar-refractivity contribution in [3.05, 3.63) is 77.6 Å². The predicted molar refractivity (Wildman–Crippen MR) is 99.4 cm³/mol. The highest BCUT2D eigenvalue weighted by molar-refractivity contribution is 5.83. The molecule has 0 bridgehead atoms. The number of fused-ring (bicyclic) bond motifs is 1. The first kappa shape index (κ1) is 18.3. The van der Waals surface area contributed by atoms with E-state index in [1.165, 1.54) is 0 Å². The lowest BCUT2D eigenvalue weighted by Gasteiger charge is -2.20. The molecule has 1 aromatic carbocycles. The maximum atomic E-state index is 10.8. The number of benzene rings is 1. The molecular weight excluding hydrogens is 346 g/mol. The minimum Gasteiger partial charge on any atom is -0.474 e. The van der Waals surface area contributed by atoms with Crippen LogP contribution in [0.3, 0.4) is 0 Å². The topological polar surface area (TPSA) is 118 Å². The number of carboxylic acid groups (broad SMARTS) is 1. The number of hydrogen-bond acceptors (Lipinski definition) is 7. The van der Waals surface area contributed by atoms with Crippen LogP contribution in [0.5, 0.6) is 0 Å². The smallest absolute Gasteiger partial charge is 0.392 e. The zero-order chi connectivity index (χ0) is 19.1. The Kier molecular flexibility index (Phi) is 5.91. The second kappa shape index (κ2) is 8.72. The maximum absolute atomic E-state index is 10.8. The summed E-state index contributed by atoms with van der Waals surface area (Å²) in [6.07, 6.45) is 5.13. The van der Waals surface area contributed by atoms with Crippen molar-refractivity contribution in [2.45, 2.75) is 19.6 Å². The van der Waals surface area contributed by atoms with E-state index in [4.69, 9.17) is 15.3 Å². The zero-order valence-corrected chi connectivity index (χ0v) is 14.5. The Labute approximate surface area is 156 Å². The van der Waals surface area contributed by atoms with Gasteiger partial charge in [0.05, 0.1) is 12.9 Å². The number of nitrogens with zero attached hydrogens (tertiary/aromatic N) is 4. The Hall–Kier alpha value is -3.52. The molecule has 1 aliphatic rings. The molecule has 8 heteroatoms. The molecule has 0 saturated carbocycles. The van der Waals surface area contributed by atoms with Crippen molar-refractivity contribution in [3.8, 4) is 0 Å². The monoisotopic (exact) mass is 365 g/mol. The van der Waals surface area contributed by atoms with E-state index in [1.807, 2.05) is 47.4 Å². The summed E-state index contributed by atoms with van der Waals surface area (Å²) in [4.78, 5) is 24.5. The minimum atomic E-state index is -1.18. The zero-order valence-electron chi connectivity index (χ0n) is 14.5. The van der Waals surface area contributed by atoms with Gasteiger partial charge in [0, 0.05) is 25.5 Å². The Morgan fingerprint density at radius 2 is 1.89 bits per heavy atom. The number of pyridine rings is 1. The number of carboxylic acids is 1. The predicted octanol–water partition coefficient (Wildman–Crippen LogP) is 2.59. The number of oxazole rings is 1. The van der Waals surface area contributed by atoms with Crippen molar-refractivity contribution in [2.24, 2.45) is 10.7 Å². The van der Waals surface area contributed by atoms with Gasteiger partial charge >= 0.3 is 11.9 Å². The first-order valence-corrected chi connectivity index (χ1v) is 8.30. The van der Waals surface area contributed by atoms with Gasteiger partial charge in [-0.05, 0) is 23.3 Å². The fourth-order valence-corrected chi connectivity index (χ4v) is 2.43. The molecule has 138 valence electrons. The molecule has 3 heterocycles. The molecule has 0 atom stereocenters. The van der Waals surface area contributed by atoms with Crippen LogP contribution in [0.1, 0.15) is 27.6 Å². The number of rotatable bonds is 4. The Balaban J connectivity index is 0.000000221. The van der Waals surface area contributed by atoms with Crippen molar-refractivity contribution >= 4 is 18.1 Å². The molecule has 0 saturated heterocycles. The van der Waals surface area contributed by atoms with E-state index >= 15 is 0 Å². The molecule has 0 spiro atoms. The van der Waals surface area contributed by atoms with E-state index in [1.54, 1.807) is 18.7 Å². The first-order chi connectivity index (χ1) is 13.2. The molecule has 4 rings (SSSR count). The Morgan fingerprint density at radius 3 is 2.52 bits per heavy atom. The van der Waals surface area contributed by atoms with Gasteiger partial charge in [-0.2, -0.15) is 4.98 Å². The lowest BCUT2D eigenvalue weighted by atomic mass is 10.2. The van der Waals surface area contributed by atoms with E-state index in [-0.39, 0.29) is 5.89 Å². The van der Waals surface area contributed by atoms with Crippen molar-refractivity contribution in [1.82, 2.24) is 14.9 Å². The van der Waals surface area contributed by atoms with Gasteiger partial charge < -0.3 is 20.2 Å². The van der Waals surface area contributed by atoms with Gasteiger partial charge in [-0.3, -0.25) is 4.98 Å². The van der Waals surface area contributed by atoms with Gasteiger partial charge in [-0.15, -0.1) is 0 Å². The van der Waals surface area contributed by atoms with Gasteiger partial charge in [0.2, 0.25) is 0 Å². The first-order valence-electron chi connectivity index (χ1n) is 8.30. The summed E-state index contributed by atoms with van der Waals surface area (Å²) in [6, 6.07) is 13.7. The average Bonchev–Trinajstić information content (AvgIpc) is 3.14. The number of nitrogens with two attached hydrogens (primary N) is 1. The van der Waals surface area contributed by atoms with Crippen LogP contribution in [0.2, 0.25) is 0 Å². The highest BCUT2D eigenvalue weighted by Crippen LogP contribution is 2.25. The average molecular weight is 365 g/mol. The number of aromatic carboxylic acids is 1. The van der Waals surface area contributed by atoms with Crippen molar-refractivity contribution in [1.29, 1.82) is 0 Å². The van der Waals surface area contributed by atoms with E-state index in [0.717, 1.165) is 11.1 Å². The summed E-state index contributed by atoms with van der Waals surface area (Å²) in [6.45, 7) is 1.75. The molecule has 2 aromatic heterocycles. The highest BCUT2D eigenvalue weighted by atomic mass is 16.4. The molecule has 27 heavy (non-hydrogen) atoms. The summed E-state index contributed by atoms with van der Waals surface area (Å²) in [5, 5.41) is 8.81. The lowest BCUT2D eigenvalue weighted by molar-refractivity contribution is 0.0650. The van der Waals surface area contributed by atoms with Crippen LogP contribution >= 0.6 is 0 Å². The summed E-state index contributed by atoms with van der Waals surface area (Å²) >= 11 is 0. The number of aliphatic imine (C=N–C) groups is 1. The molecule has 0 fully saturated rings. The minimum absolute atomic E-state index is 0.316. The highest BCUT2D eigenvalue weighted by Gasteiger charge is 2.22. The molecule has 0 aliphatic carbocycles. The molecule has 1 aliphatic heterocycles. The van der Waals surface area contributed by atoms with Gasteiger partial charge in [-0.1, -0.05) is 30.3 Å². The quantitative estimate of drug-likeness (QED) is 0.729. The fraction of sp³-hybridized carbons (Fsp3) is 0.158. The summed E-state index contributed by atoms with van der Waals surface area (Å²) in [7, 11) is 0. The largest absolute Gasteiger partial charge is 0.474 e. The van der Waals surface area contributed by atoms with Crippen LogP contribution in [0.15, 0.2) is 64.3 Å². The van der Waals surface area contributed by atoms with E-state index in [2.05, 4.69) is 15.0 Å². The van der Waals surface area contributed by atoms with Crippen LogP contribution in [0.4, 0.5) is 5.82 Å². The molecule has 0 unspecified atom stereocenters. The summed E-state index contributed by atoms with van der Waals surface area (Å²) in [5.74, 6) is -0.666. The molecule has 8 nitrogen and oxygen atoms in total. The SMILES string of the molecule is NCc1ccncc1.O=C(O)c1nc2c(o1)CN(Cc1ccccc1)C=N2. The number of carbonyl (C=O) groups is 1. The summed E-state index contributed by atoms with van der Waals surface area (Å²) < 4.78 is 5.17. The van der Waals surface area contributed by atoms with Crippen molar-refractivity contribution in [3.63, 3.8) is 0 Å². The lowest BCUT2D eigenvalue weighted by Crippen LogP contribution is -2.22. The number of aromatic nitrogens is 2. The molecule has 3 aromatic rings. The van der Waals surface area contributed by atoms with E-state index < -0.39 is 5.97 Å².